The van der Waals surface area contributed by atoms with Crippen LogP contribution in [0.25, 0.3) is 0 Å². The van der Waals surface area contributed by atoms with Crippen molar-refractivity contribution in [1.29, 1.82) is 0 Å². The Morgan fingerprint density at radius 1 is 1.17 bits per heavy atom. The van der Waals surface area contributed by atoms with E-state index >= 15 is 0 Å². The summed E-state index contributed by atoms with van der Waals surface area (Å²) in [6, 6.07) is 10.7. The first-order valence-electron chi connectivity index (χ1n) is 5.29. The van der Waals surface area contributed by atoms with Crippen LogP contribution in [0.2, 0.25) is 5.02 Å². The molecule has 0 saturated carbocycles. The zero-order valence-electron chi connectivity index (χ0n) is 9.61. The number of halogens is 2. The van der Waals surface area contributed by atoms with Crippen LogP contribution in [0.4, 0.5) is 0 Å². The van der Waals surface area contributed by atoms with Crippen molar-refractivity contribution in [2.24, 2.45) is 0 Å². The van der Waals surface area contributed by atoms with Crippen molar-refractivity contribution >= 4 is 33.8 Å². The van der Waals surface area contributed by atoms with Gasteiger partial charge in [0.15, 0.2) is 0 Å². The molecule has 4 heteroatoms. The van der Waals surface area contributed by atoms with Gasteiger partial charge < -0.3 is 4.74 Å². The average molecular weight is 326 g/mol. The van der Waals surface area contributed by atoms with Gasteiger partial charge in [0.25, 0.3) is 0 Å². The highest BCUT2D eigenvalue weighted by Crippen LogP contribution is 2.33. The van der Waals surface area contributed by atoms with Crippen LogP contribution in [-0.2, 0) is 0 Å². The SMILES string of the molecule is Cc1ccc(C=O)cc1Oc1cc(Br)ccc1Cl. The molecule has 0 spiro atoms. The smallest absolute Gasteiger partial charge is 0.150 e. The van der Waals surface area contributed by atoms with Crippen LogP contribution in [-0.4, -0.2) is 6.29 Å². The van der Waals surface area contributed by atoms with Gasteiger partial charge in [0.1, 0.15) is 17.8 Å². The lowest BCUT2D eigenvalue weighted by Crippen LogP contribution is -1.90. The van der Waals surface area contributed by atoms with Crippen LogP contribution in [0.3, 0.4) is 0 Å². The molecule has 0 aliphatic carbocycles. The summed E-state index contributed by atoms with van der Waals surface area (Å²) < 4.78 is 6.62. The molecule has 0 aliphatic heterocycles. The van der Waals surface area contributed by atoms with E-state index in [-0.39, 0.29) is 0 Å². The molecule has 18 heavy (non-hydrogen) atoms. The highest BCUT2D eigenvalue weighted by atomic mass is 79.9. The Morgan fingerprint density at radius 2 is 1.94 bits per heavy atom. The van der Waals surface area contributed by atoms with Crippen molar-refractivity contribution in [3.8, 4) is 11.5 Å². The van der Waals surface area contributed by atoms with Crippen molar-refractivity contribution in [1.82, 2.24) is 0 Å². The van der Waals surface area contributed by atoms with Crippen molar-refractivity contribution in [3.05, 3.63) is 57.0 Å². The molecular formula is C14H10BrClO2. The number of aldehydes is 1. The highest BCUT2D eigenvalue weighted by molar-refractivity contribution is 9.10. The highest BCUT2D eigenvalue weighted by Gasteiger charge is 2.07. The summed E-state index contributed by atoms with van der Waals surface area (Å²) in [6.07, 6.45) is 0.787. The number of ether oxygens (including phenoxy) is 1. The van der Waals surface area contributed by atoms with E-state index < -0.39 is 0 Å². The van der Waals surface area contributed by atoms with Crippen molar-refractivity contribution in [2.45, 2.75) is 6.92 Å². The van der Waals surface area contributed by atoms with Crippen molar-refractivity contribution < 1.29 is 9.53 Å². The first-order chi connectivity index (χ1) is 8.60. The Balaban J connectivity index is 2.38. The molecule has 0 aliphatic rings. The molecule has 2 rings (SSSR count). The Labute approximate surface area is 119 Å². The van der Waals surface area contributed by atoms with E-state index in [1.807, 2.05) is 19.1 Å². The summed E-state index contributed by atoms with van der Waals surface area (Å²) in [5.74, 6) is 1.18. The molecule has 0 N–H and O–H groups in total. The second-order valence-corrected chi connectivity index (χ2v) is 5.14. The second-order valence-electron chi connectivity index (χ2n) is 3.82. The summed E-state index contributed by atoms with van der Waals surface area (Å²) in [5.41, 5.74) is 1.51. The summed E-state index contributed by atoms with van der Waals surface area (Å²) >= 11 is 9.42. The van der Waals surface area contributed by atoms with E-state index in [2.05, 4.69) is 15.9 Å². The fraction of sp³-hybridized carbons (Fsp3) is 0.0714. The van der Waals surface area contributed by atoms with Gasteiger partial charge in [-0.1, -0.05) is 39.7 Å². The molecular weight excluding hydrogens is 316 g/mol. The lowest BCUT2D eigenvalue weighted by atomic mass is 10.1. The first-order valence-corrected chi connectivity index (χ1v) is 6.46. The number of rotatable bonds is 3. The molecule has 2 aromatic carbocycles. The number of hydrogen-bond donors (Lipinski definition) is 0. The van der Waals surface area contributed by atoms with E-state index in [1.165, 1.54) is 0 Å². The largest absolute Gasteiger partial charge is 0.455 e. The van der Waals surface area contributed by atoms with Crippen molar-refractivity contribution in [2.75, 3.05) is 0 Å². The van der Waals surface area contributed by atoms with E-state index in [4.69, 9.17) is 16.3 Å². The minimum absolute atomic E-state index is 0.522. The average Bonchev–Trinajstić information content (AvgIpc) is 2.36. The minimum Gasteiger partial charge on any atom is -0.455 e. The fourth-order valence-electron chi connectivity index (χ4n) is 1.47. The van der Waals surface area contributed by atoms with Crippen LogP contribution in [0, 0.1) is 6.92 Å². The molecule has 0 fully saturated rings. The van der Waals surface area contributed by atoms with Crippen LogP contribution in [0.15, 0.2) is 40.9 Å². The zero-order valence-corrected chi connectivity index (χ0v) is 12.0. The summed E-state index contributed by atoms with van der Waals surface area (Å²) in [7, 11) is 0. The van der Waals surface area contributed by atoms with Gasteiger partial charge in [0.05, 0.1) is 5.02 Å². The molecule has 0 atom stereocenters. The normalized spacial score (nSPS) is 10.2. The minimum atomic E-state index is 0.522. The molecule has 0 aromatic heterocycles. The van der Waals surface area contributed by atoms with Gasteiger partial charge in [-0.3, -0.25) is 4.79 Å². The van der Waals surface area contributed by atoms with Crippen LogP contribution in [0.5, 0.6) is 11.5 Å². The van der Waals surface area contributed by atoms with Gasteiger partial charge in [-0.2, -0.15) is 0 Å². The van der Waals surface area contributed by atoms with Gasteiger partial charge in [-0.05, 0) is 36.8 Å². The molecule has 0 unspecified atom stereocenters. The quantitative estimate of drug-likeness (QED) is 0.741. The standard InChI is InChI=1S/C14H10BrClO2/c1-9-2-3-10(8-17)6-13(9)18-14-7-11(15)4-5-12(14)16/h2-8H,1H3. The number of aryl methyl sites for hydroxylation is 1. The monoisotopic (exact) mass is 324 g/mol. The summed E-state index contributed by atoms with van der Waals surface area (Å²) in [5, 5.41) is 0.522. The maximum absolute atomic E-state index is 10.8. The maximum Gasteiger partial charge on any atom is 0.150 e. The molecule has 2 nitrogen and oxygen atoms in total. The number of carbonyl (C=O) groups is 1. The van der Waals surface area contributed by atoms with Crippen molar-refractivity contribution in [3.63, 3.8) is 0 Å². The molecule has 0 amide bonds. The van der Waals surface area contributed by atoms with E-state index in [9.17, 15) is 4.79 Å². The Bertz CT molecular complexity index is 596. The predicted octanol–water partition coefficient (Wildman–Crippen LogP) is 5.02. The molecule has 2 aromatic rings. The molecule has 0 radical (unpaired) electrons. The Hall–Kier alpha value is -1.32. The van der Waals surface area contributed by atoms with E-state index in [0.29, 0.717) is 22.1 Å². The first kappa shape index (κ1) is 13.1. The van der Waals surface area contributed by atoms with Crippen LogP contribution < -0.4 is 4.74 Å². The van der Waals surface area contributed by atoms with Crippen LogP contribution >= 0.6 is 27.5 Å². The molecule has 92 valence electrons. The number of carbonyl (C=O) groups excluding carboxylic acids is 1. The Morgan fingerprint density at radius 3 is 2.67 bits per heavy atom. The van der Waals surface area contributed by atoms with Gasteiger partial charge in [-0.15, -0.1) is 0 Å². The number of hydrogen-bond acceptors (Lipinski definition) is 2. The lowest BCUT2D eigenvalue weighted by Gasteiger charge is -2.10. The van der Waals surface area contributed by atoms with E-state index in [1.54, 1.807) is 24.3 Å². The molecule has 0 bridgehead atoms. The number of benzene rings is 2. The molecule has 0 heterocycles. The Kier molecular flexibility index (Phi) is 4.04. The predicted molar refractivity (Wildman–Crippen MR) is 75.8 cm³/mol. The maximum atomic E-state index is 10.8. The summed E-state index contributed by atoms with van der Waals surface area (Å²) in [4.78, 5) is 10.8. The van der Waals surface area contributed by atoms with Gasteiger partial charge in [0.2, 0.25) is 0 Å². The fourth-order valence-corrected chi connectivity index (χ4v) is 1.97. The second kappa shape index (κ2) is 5.55. The third-order valence-electron chi connectivity index (χ3n) is 2.46. The van der Waals surface area contributed by atoms with E-state index in [0.717, 1.165) is 16.3 Å². The topological polar surface area (TPSA) is 26.3 Å². The lowest BCUT2D eigenvalue weighted by molar-refractivity contribution is 0.112. The van der Waals surface area contributed by atoms with Gasteiger partial charge in [0, 0.05) is 10.0 Å². The van der Waals surface area contributed by atoms with Gasteiger partial charge in [-0.25, -0.2) is 0 Å². The van der Waals surface area contributed by atoms with Gasteiger partial charge >= 0.3 is 0 Å². The zero-order chi connectivity index (χ0) is 13.1. The third-order valence-corrected chi connectivity index (χ3v) is 3.27. The summed E-state index contributed by atoms with van der Waals surface area (Å²) in [6.45, 7) is 1.91. The third kappa shape index (κ3) is 2.92. The van der Waals surface area contributed by atoms with Crippen LogP contribution in [0.1, 0.15) is 15.9 Å². The molecule has 0 saturated heterocycles.